The molecule has 1 aliphatic heterocycles. The van der Waals surface area contributed by atoms with Crippen molar-refractivity contribution in [3.63, 3.8) is 0 Å². The number of allylic oxidation sites excluding steroid dienone is 2. The van der Waals surface area contributed by atoms with E-state index < -0.39 is 0 Å². The first kappa shape index (κ1) is 12.6. The molecule has 1 atom stereocenters. The Labute approximate surface area is 117 Å². The summed E-state index contributed by atoms with van der Waals surface area (Å²) in [5, 5.41) is 3.93. The molecule has 0 saturated carbocycles. The predicted octanol–water partition coefficient (Wildman–Crippen LogP) is 1.60. The van der Waals surface area contributed by atoms with Crippen molar-refractivity contribution in [3.8, 4) is 0 Å². The third-order valence-electron chi connectivity index (χ3n) is 3.77. The Hall–Kier alpha value is -2.43. The number of aliphatic imine (C=N–C) groups is 1. The number of carbonyl (C=O) groups excluding carboxylic acids is 1. The summed E-state index contributed by atoms with van der Waals surface area (Å²) in [6.45, 7) is 2.07. The average molecular weight is 268 g/mol. The van der Waals surface area contributed by atoms with E-state index in [1.807, 2.05) is 12.1 Å². The number of nitrogens with zero attached hydrogens (tertiary/aromatic N) is 2. The topological polar surface area (TPSA) is 79.8 Å². The van der Waals surface area contributed by atoms with E-state index >= 15 is 0 Å². The molecule has 1 heterocycles. The molecule has 1 unspecified atom stereocenters. The van der Waals surface area contributed by atoms with Crippen molar-refractivity contribution >= 4 is 18.0 Å². The second-order valence-corrected chi connectivity index (χ2v) is 5.12. The van der Waals surface area contributed by atoms with Crippen LogP contribution in [0.4, 0.5) is 0 Å². The van der Waals surface area contributed by atoms with Gasteiger partial charge >= 0.3 is 0 Å². The second kappa shape index (κ2) is 4.92. The summed E-state index contributed by atoms with van der Waals surface area (Å²) in [4.78, 5) is 16.2. The molecule has 0 aromatic heterocycles. The number of aryl methyl sites for hydroxylation is 1. The normalized spacial score (nSPS) is 21.9. The summed E-state index contributed by atoms with van der Waals surface area (Å²) >= 11 is 0. The van der Waals surface area contributed by atoms with Gasteiger partial charge in [-0.2, -0.15) is 0 Å². The monoisotopic (exact) mass is 268 g/mol. The van der Waals surface area contributed by atoms with Crippen molar-refractivity contribution in [2.75, 3.05) is 0 Å². The Kier molecular flexibility index (Phi) is 3.10. The van der Waals surface area contributed by atoms with Gasteiger partial charge in [0.15, 0.2) is 5.78 Å². The first-order valence-corrected chi connectivity index (χ1v) is 6.60. The van der Waals surface area contributed by atoms with Gasteiger partial charge in [0, 0.05) is 18.3 Å². The molecule has 1 aromatic carbocycles. The summed E-state index contributed by atoms with van der Waals surface area (Å²) in [5.74, 6) is 0.401. The molecule has 0 amide bonds. The number of nitrogens with two attached hydrogens (primary N) is 1. The van der Waals surface area contributed by atoms with Gasteiger partial charge in [0.05, 0.1) is 5.57 Å². The highest BCUT2D eigenvalue weighted by Gasteiger charge is 2.29. The molecule has 0 spiro atoms. The van der Waals surface area contributed by atoms with Gasteiger partial charge in [-0.1, -0.05) is 24.3 Å². The largest absolute Gasteiger partial charge is 0.367 e. The molecule has 5 nitrogen and oxygen atoms in total. The molecule has 0 saturated heterocycles. The maximum Gasteiger partial charge on any atom is 0.237 e. The van der Waals surface area contributed by atoms with Crippen LogP contribution in [0.5, 0.6) is 0 Å². The number of hydrogen-bond donors (Lipinski definition) is 2. The number of carbonyl (C=O) groups is 1. The Morgan fingerprint density at radius 3 is 2.90 bits per heavy atom. The van der Waals surface area contributed by atoms with Crippen molar-refractivity contribution in [3.05, 3.63) is 46.7 Å². The van der Waals surface area contributed by atoms with E-state index in [2.05, 4.69) is 34.6 Å². The standard InChI is InChI=1S/C15H16N4O/c1-9-4-2-3-5-11(9)10-6-13-12(14(20)7-10)8-17-15(16)19-18-13/h2-5,8,10,18H,6-7H2,1H3,(H2,16,19). The molecule has 1 aliphatic carbocycles. The minimum absolute atomic E-state index is 0.0839. The number of rotatable bonds is 1. The Morgan fingerprint density at radius 1 is 1.30 bits per heavy atom. The number of benzene rings is 1. The van der Waals surface area contributed by atoms with Crippen LogP contribution in [0.2, 0.25) is 0 Å². The van der Waals surface area contributed by atoms with Crippen molar-refractivity contribution in [2.45, 2.75) is 25.7 Å². The van der Waals surface area contributed by atoms with E-state index in [0.717, 1.165) is 12.1 Å². The van der Waals surface area contributed by atoms with Crippen LogP contribution in [0, 0.1) is 6.92 Å². The Balaban J connectivity index is 1.95. The quantitative estimate of drug-likeness (QED) is 0.811. The molecule has 1 aromatic rings. The van der Waals surface area contributed by atoms with E-state index in [4.69, 9.17) is 5.73 Å². The van der Waals surface area contributed by atoms with Crippen LogP contribution < -0.4 is 11.2 Å². The summed E-state index contributed by atoms with van der Waals surface area (Å²) in [7, 11) is 0. The van der Waals surface area contributed by atoms with Crippen LogP contribution in [0.15, 0.2) is 45.6 Å². The molecule has 2 aliphatic rings. The zero-order valence-corrected chi connectivity index (χ0v) is 11.3. The van der Waals surface area contributed by atoms with Gasteiger partial charge in [-0.25, -0.2) is 4.99 Å². The first-order valence-electron chi connectivity index (χ1n) is 6.60. The van der Waals surface area contributed by atoms with Gasteiger partial charge in [-0.05, 0) is 30.4 Å². The van der Waals surface area contributed by atoms with Crippen LogP contribution >= 0.6 is 0 Å². The average Bonchev–Trinajstić information content (AvgIpc) is 2.62. The fourth-order valence-corrected chi connectivity index (χ4v) is 2.74. The fourth-order valence-electron chi connectivity index (χ4n) is 2.74. The molecular formula is C15H16N4O. The van der Waals surface area contributed by atoms with E-state index in [1.165, 1.54) is 17.3 Å². The van der Waals surface area contributed by atoms with Crippen LogP contribution in [0.1, 0.15) is 29.9 Å². The van der Waals surface area contributed by atoms with Crippen molar-refractivity contribution in [2.24, 2.45) is 15.8 Å². The van der Waals surface area contributed by atoms with E-state index in [9.17, 15) is 4.79 Å². The highest BCUT2D eigenvalue weighted by Crippen LogP contribution is 2.34. The number of nitrogens with one attached hydrogen (secondary N) is 1. The number of hydrogen-bond acceptors (Lipinski definition) is 5. The molecule has 3 rings (SSSR count). The van der Waals surface area contributed by atoms with Crippen LogP contribution in [0.25, 0.3) is 0 Å². The molecule has 0 radical (unpaired) electrons. The number of Topliss-reactive ketones (excluding diaryl/α,β-unsaturated/α-hetero) is 1. The van der Waals surface area contributed by atoms with E-state index in [1.54, 1.807) is 0 Å². The second-order valence-electron chi connectivity index (χ2n) is 5.12. The first-order chi connectivity index (χ1) is 9.65. The lowest BCUT2D eigenvalue weighted by Crippen LogP contribution is -2.24. The summed E-state index contributed by atoms with van der Waals surface area (Å²) in [5.41, 5.74) is 12.3. The third-order valence-corrected chi connectivity index (χ3v) is 3.77. The van der Waals surface area contributed by atoms with Gasteiger partial charge < -0.3 is 5.73 Å². The molecule has 102 valence electrons. The van der Waals surface area contributed by atoms with Crippen LogP contribution in [-0.4, -0.2) is 18.0 Å². The lowest BCUT2D eigenvalue weighted by Gasteiger charge is -2.25. The van der Waals surface area contributed by atoms with Crippen molar-refractivity contribution in [1.29, 1.82) is 0 Å². The highest BCUT2D eigenvalue weighted by atomic mass is 16.1. The lowest BCUT2D eigenvalue weighted by molar-refractivity contribution is -0.115. The number of guanidine groups is 1. The Morgan fingerprint density at radius 2 is 2.10 bits per heavy atom. The van der Waals surface area contributed by atoms with Gasteiger partial charge in [-0.15, -0.1) is 5.10 Å². The predicted molar refractivity (Wildman–Crippen MR) is 78.4 cm³/mol. The van der Waals surface area contributed by atoms with Gasteiger partial charge in [0.2, 0.25) is 5.96 Å². The molecule has 20 heavy (non-hydrogen) atoms. The minimum atomic E-state index is 0.0839. The van der Waals surface area contributed by atoms with Crippen LogP contribution in [-0.2, 0) is 4.79 Å². The number of ketones is 1. The molecule has 5 heteroatoms. The Bertz CT molecular complexity index is 658. The zero-order chi connectivity index (χ0) is 14.1. The molecule has 0 fully saturated rings. The summed E-state index contributed by atoms with van der Waals surface area (Å²) in [6, 6.07) is 8.17. The zero-order valence-electron chi connectivity index (χ0n) is 11.3. The van der Waals surface area contributed by atoms with E-state index in [-0.39, 0.29) is 17.7 Å². The summed E-state index contributed by atoms with van der Waals surface area (Å²) < 4.78 is 0. The van der Waals surface area contributed by atoms with Crippen molar-refractivity contribution < 1.29 is 4.79 Å². The third kappa shape index (κ3) is 2.22. The fraction of sp³-hybridized carbons (Fsp3) is 0.267. The van der Waals surface area contributed by atoms with Crippen molar-refractivity contribution in [1.82, 2.24) is 5.43 Å². The molecule has 0 bridgehead atoms. The SMILES string of the molecule is Cc1ccccc1C1CC(=O)C2=C(C1)NN=C(N)N=C2. The minimum Gasteiger partial charge on any atom is -0.367 e. The molecule has 3 N–H and O–H groups in total. The highest BCUT2D eigenvalue weighted by molar-refractivity contribution is 6.16. The lowest BCUT2D eigenvalue weighted by atomic mass is 9.81. The smallest absolute Gasteiger partial charge is 0.237 e. The maximum atomic E-state index is 12.3. The van der Waals surface area contributed by atoms with Gasteiger partial charge in [0.1, 0.15) is 0 Å². The maximum absolute atomic E-state index is 12.3. The van der Waals surface area contributed by atoms with Crippen LogP contribution in [0.3, 0.4) is 0 Å². The van der Waals surface area contributed by atoms with E-state index in [0.29, 0.717) is 12.0 Å². The summed E-state index contributed by atoms with van der Waals surface area (Å²) in [6.07, 6.45) is 2.76. The van der Waals surface area contributed by atoms with Gasteiger partial charge in [-0.3, -0.25) is 10.2 Å². The van der Waals surface area contributed by atoms with Gasteiger partial charge in [0.25, 0.3) is 0 Å². The molecular weight excluding hydrogens is 252 g/mol. The number of hydrazone groups is 1.